The second kappa shape index (κ2) is 8.18. The monoisotopic (exact) mass is 337 g/mol. The molecule has 5 heteroatoms. The van der Waals surface area contributed by atoms with Crippen molar-refractivity contribution in [1.29, 1.82) is 0 Å². The van der Waals surface area contributed by atoms with Crippen molar-refractivity contribution < 1.29 is 10.1 Å². The number of nitrogens with one attached hydrogen (secondary N) is 1. The molecule has 0 fully saturated rings. The predicted octanol–water partition coefficient (Wildman–Crippen LogP) is 2.93. The molecule has 0 aliphatic carbocycles. The van der Waals surface area contributed by atoms with Crippen molar-refractivity contribution in [2.45, 2.75) is 19.5 Å². The summed E-state index contributed by atoms with van der Waals surface area (Å²) in [6.07, 6.45) is 0. The molecule has 2 rings (SSSR count). The van der Waals surface area contributed by atoms with Crippen LogP contribution in [0, 0.1) is 0 Å². The molecule has 0 saturated carbocycles. The number of quaternary nitrogens is 1. The number of amides is 1. The maximum absolute atomic E-state index is 11.9. The minimum atomic E-state index is 0.00997. The molecule has 0 saturated heterocycles. The summed E-state index contributed by atoms with van der Waals surface area (Å²) < 4.78 is 0. The van der Waals surface area contributed by atoms with Crippen molar-refractivity contribution >= 4 is 29.1 Å². The Balaban J connectivity index is 1.75. The largest absolute Gasteiger partial charge is 0.347 e. The molecule has 0 aliphatic rings. The van der Waals surface area contributed by atoms with E-state index in [1.54, 1.807) is 0 Å². The van der Waals surface area contributed by atoms with E-state index in [4.69, 9.17) is 23.2 Å². The highest BCUT2D eigenvalue weighted by molar-refractivity contribution is 6.30. The maximum atomic E-state index is 11.9. The lowest BCUT2D eigenvalue weighted by Crippen LogP contribution is -2.87. The van der Waals surface area contributed by atoms with Crippen LogP contribution in [0.5, 0.6) is 0 Å². The van der Waals surface area contributed by atoms with Crippen LogP contribution in [0.4, 0.5) is 0 Å². The Kier molecular flexibility index (Phi) is 6.25. The second-order valence-electron chi connectivity index (χ2n) is 5.18. The Hall–Kier alpha value is -1.55. The molecule has 0 heterocycles. The molecular weight excluding hydrogens is 319 g/mol. The highest BCUT2D eigenvalue weighted by atomic mass is 35.5. The molecular formula is C17H19Cl2N2O+. The number of carbonyl (C=O) groups is 1. The van der Waals surface area contributed by atoms with Crippen molar-refractivity contribution in [3.8, 4) is 0 Å². The summed E-state index contributed by atoms with van der Waals surface area (Å²) in [5.74, 6) is 0.00997. The zero-order valence-electron chi connectivity index (χ0n) is 12.4. The van der Waals surface area contributed by atoms with Gasteiger partial charge in [0.2, 0.25) is 0 Å². The molecule has 0 spiro atoms. The Labute approximate surface area is 140 Å². The van der Waals surface area contributed by atoms with Crippen molar-refractivity contribution in [2.75, 3.05) is 6.54 Å². The fourth-order valence-corrected chi connectivity index (χ4v) is 2.31. The number of carbonyl (C=O) groups excluding carboxylic acids is 1. The molecule has 1 amide bonds. The summed E-state index contributed by atoms with van der Waals surface area (Å²) in [6, 6.07) is 15.3. The maximum Gasteiger partial charge on any atom is 0.275 e. The fraction of sp³-hybridized carbons (Fsp3) is 0.235. The molecule has 22 heavy (non-hydrogen) atoms. The first-order valence-electron chi connectivity index (χ1n) is 7.14. The Morgan fingerprint density at radius 2 is 1.59 bits per heavy atom. The third-order valence-corrected chi connectivity index (χ3v) is 3.96. The van der Waals surface area contributed by atoms with E-state index in [-0.39, 0.29) is 11.9 Å². The molecule has 2 aromatic rings. The number of hydrogen-bond acceptors (Lipinski definition) is 1. The topological polar surface area (TPSA) is 45.7 Å². The molecule has 0 radical (unpaired) electrons. The van der Waals surface area contributed by atoms with Gasteiger partial charge in [0.05, 0.1) is 0 Å². The van der Waals surface area contributed by atoms with E-state index < -0.39 is 0 Å². The Morgan fingerprint density at radius 1 is 1.05 bits per heavy atom. The molecule has 1 atom stereocenters. The first-order chi connectivity index (χ1) is 10.5. The summed E-state index contributed by atoms with van der Waals surface area (Å²) in [5.41, 5.74) is 2.18. The number of halogens is 2. The SMILES string of the molecule is C[C@@H]([NH2+]CC(=O)NCc1ccc(Cl)cc1)c1ccc(Cl)cc1. The van der Waals surface area contributed by atoms with Gasteiger partial charge in [-0.25, -0.2) is 0 Å². The first-order valence-corrected chi connectivity index (χ1v) is 7.90. The van der Waals surface area contributed by atoms with Gasteiger partial charge < -0.3 is 10.6 Å². The quantitative estimate of drug-likeness (QED) is 0.836. The summed E-state index contributed by atoms with van der Waals surface area (Å²) >= 11 is 11.7. The van der Waals surface area contributed by atoms with Gasteiger partial charge in [-0.2, -0.15) is 0 Å². The highest BCUT2D eigenvalue weighted by Gasteiger charge is 2.11. The van der Waals surface area contributed by atoms with Crippen LogP contribution in [0.15, 0.2) is 48.5 Å². The van der Waals surface area contributed by atoms with E-state index in [2.05, 4.69) is 12.2 Å². The molecule has 0 unspecified atom stereocenters. The van der Waals surface area contributed by atoms with E-state index in [1.165, 1.54) is 0 Å². The molecule has 3 N–H and O–H groups in total. The Bertz CT molecular complexity index is 612. The summed E-state index contributed by atoms with van der Waals surface area (Å²) in [5, 5.41) is 6.31. The van der Waals surface area contributed by atoms with Crippen LogP contribution in [-0.4, -0.2) is 12.5 Å². The van der Waals surface area contributed by atoms with Crippen LogP contribution < -0.4 is 10.6 Å². The standard InChI is InChI=1S/C17H18Cl2N2O/c1-12(14-4-8-16(19)9-5-14)20-11-17(22)21-10-13-2-6-15(18)7-3-13/h2-9,12,20H,10-11H2,1H3,(H,21,22)/p+1/t12-/m1/s1. The predicted molar refractivity (Wildman–Crippen MR) is 90.0 cm³/mol. The molecule has 0 aromatic heterocycles. The second-order valence-corrected chi connectivity index (χ2v) is 6.06. The Morgan fingerprint density at radius 3 is 2.18 bits per heavy atom. The van der Waals surface area contributed by atoms with Gasteiger partial charge in [-0.05, 0) is 36.8 Å². The minimum absolute atomic E-state index is 0.00997. The van der Waals surface area contributed by atoms with Crippen LogP contribution in [0.25, 0.3) is 0 Å². The lowest BCUT2D eigenvalue weighted by atomic mass is 10.1. The average Bonchev–Trinajstić information content (AvgIpc) is 2.52. The van der Waals surface area contributed by atoms with Crippen molar-refractivity contribution in [2.24, 2.45) is 0 Å². The van der Waals surface area contributed by atoms with Gasteiger partial charge in [-0.15, -0.1) is 0 Å². The van der Waals surface area contributed by atoms with E-state index >= 15 is 0 Å². The van der Waals surface area contributed by atoms with E-state index in [0.29, 0.717) is 18.1 Å². The third-order valence-electron chi connectivity index (χ3n) is 3.46. The van der Waals surface area contributed by atoms with Gasteiger partial charge in [0, 0.05) is 22.2 Å². The number of nitrogens with two attached hydrogens (primary N) is 1. The lowest BCUT2D eigenvalue weighted by Gasteiger charge is -2.11. The van der Waals surface area contributed by atoms with Crippen LogP contribution in [0.3, 0.4) is 0 Å². The molecule has 2 aromatic carbocycles. The van der Waals surface area contributed by atoms with Gasteiger partial charge in [-0.1, -0.05) is 47.5 Å². The van der Waals surface area contributed by atoms with Crippen molar-refractivity contribution in [3.05, 3.63) is 69.7 Å². The zero-order valence-corrected chi connectivity index (χ0v) is 13.9. The van der Waals surface area contributed by atoms with Crippen LogP contribution in [0.2, 0.25) is 10.0 Å². The highest BCUT2D eigenvalue weighted by Crippen LogP contribution is 2.13. The van der Waals surface area contributed by atoms with Crippen molar-refractivity contribution in [3.63, 3.8) is 0 Å². The van der Waals surface area contributed by atoms with Gasteiger partial charge in [0.1, 0.15) is 6.04 Å². The normalized spacial score (nSPS) is 12.0. The zero-order chi connectivity index (χ0) is 15.9. The lowest BCUT2D eigenvalue weighted by molar-refractivity contribution is -0.682. The summed E-state index contributed by atoms with van der Waals surface area (Å²) in [7, 11) is 0. The average molecular weight is 338 g/mol. The minimum Gasteiger partial charge on any atom is -0.347 e. The van der Waals surface area contributed by atoms with E-state index in [0.717, 1.165) is 16.1 Å². The summed E-state index contributed by atoms with van der Waals surface area (Å²) in [4.78, 5) is 11.9. The fourth-order valence-electron chi connectivity index (χ4n) is 2.06. The number of rotatable bonds is 6. The van der Waals surface area contributed by atoms with Gasteiger partial charge in [-0.3, -0.25) is 4.79 Å². The van der Waals surface area contributed by atoms with Crippen LogP contribution in [-0.2, 0) is 11.3 Å². The van der Waals surface area contributed by atoms with E-state index in [9.17, 15) is 4.79 Å². The molecule has 116 valence electrons. The van der Waals surface area contributed by atoms with Crippen LogP contribution in [0.1, 0.15) is 24.1 Å². The van der Waals surface area contributed by atoms with Gasteiger partial charge in [0.15, 0.2) is 6.54 Å². The van der Waals surface area contributed by atoms with Gasteiger partial charge >= 0.3 is 0 Å². The summed E-state index contributed by atoms with van der Waals surface area (Å²) in [6.45, 7) is 2.96. The molecule has 0 bridgehead atoms. The molecule has 3 nitrogen and oxygen atoms in total. The van der Waals surface area contributed by atoms with Gasteiger partial charge in [0.25, 0.3) is 5.91 Å². The third kappa shape index (κ3) is 5.34. The van der Waals surface area contributed by atoms with Crippen LogP contribution >= 0.6 is 23.2 Å². The van der Waals surface area contributed by atoms with Crippen molar-refractivity contribution in [1.82, 2.24) is 5.32 Å². The number of hydrogen-bond donors (Lipinski definition) is 2. The number of benzene rings is 2. The van der Waals surface area contributed by atoms with E-state index in [1.807, 2.05) is 53.8 Å². The molecule has 0 aliphatic heterocycles. The first kappa shape index (κ1) is 16.8. The smallest absolute Gasteiger partial charge is 0.275 e.